The highest BCUT2D eigenvalue weighted by Gasteiger charge is 2.37. The molecular formula is C8H13NO3. The SMILES string of the molecule is CC(=O)NC1(C)CCCOC1=O. The van der Waals surface area contributed by atoms with Gasteiger partial charge in [0.2, 0.25) is 5.91 Å². The molecule has 1 saturated heterocycles. The van der Waals surface area contributed by atoms with Gasteiger partial charge >= 0.3 is 5.97 Å². The summed E-state index contributed by atoms with van der Waals surface area (Å²) in [4.78, 5) is 22.0. The first kappa shape index (κ1) is 9.03. The molecule has 4 heteroatoms. The number of esters is 1. The number of cyclic esters (lactones) is 1. The highest BCUT2D eigenvalue weighted by atomic mass is 16.5. The van der Waals surface area contributed by atoms with E-state index >= 15 is 0 Å². The number of nitrogens with one attached hydrogen (secondary N) is 1. The van der Waals surface area contributed by atoms with Crippen molar-refractivity contribution in [3.8, 4) is 0 Å². The first-order valence-corrected chi connectivity index (χ1v) is 4.00. The Bertz CT molecular complexity index is 214. The van der Waals surface area contributed by atoms with Gasteiger partial charge in [-0.2, -0.15) is 0 Å². The lowest BCUT2D eigenvalue weighted by Gasteiger charge is -2.31. The van der Waals surface area contributed by atoms with Gasteiger partial charge in [-0.15, -0.1) is 0 Å². The van der Waals surface area contributed by atoms with E-state index in [4.69, 9.17) is 4.74 Å². The minimum Gasteiger partial charge on any atom is -0.464 e. The highest BCUT2D eigenvalue weighted by Crippen LogP contribution is 2.19. The van der Waals surface area contributed by atoms with Gasteiger partial charge in [-0.05, 0) is 19.8 Å². The average molecular weight is 171 g/mol. The second-order valence-corrected chi connectivity index (χ2v) is 3.25. The molecule has 68 valence electrons. The van der Waals surface area contributed by atoms with Gasteiger partial charge in [-0.3, -0.25) is 4.79 Å². The first-order valence-electron chi connectivity index (χ1n) is 4.00. The van der Waals surface area contributed by atoms with Gasteiger partial charge in [0.05, 0.1) is 6.61 Å². The van der Waals surface area contributed by atoms with E-state index in [1.165, 1.54) is 6.92 Å². The zero-order valence-electron chi connectivity index (χ0n) is 7.35. The van der Waals surface area contributed by atoms with E-state index in [1.807, 2.05) is 0 Å². The van der Waals surface area contributed by atoms with Gasteiger partial charge in [0.1, 0.15) is 5.54 Å². The predicted molar refractivity (Wildman–Crippen MR) is 42.4 cm³/mol. The van der Waals surface area contributed by atoms with Crippen molar-refractivity contribution >= 4 is 11.9 Å². The van der Waals surface area contributed by atoms with Crippen LogP contribution < -0.4 is 5.32 Å². The van der Waals surface area contributed by atoms with E-state index < -0.39 is 5.54 Å². The van der Waals surface area contributed by atoms with Crippen molar-refractivity contribution in [2.75, 3.05) is 6.61 Å². The smallest absolute Gasteiger partial charge is 0.331 e. The lowest BCUT2D eigenvalue weighted by atomic mass is 9.94. The summed E-state index contributed by atoms with van der Waals surface area (Å²) in [7, 11) is 0. The molecule has 1 atom stereocenters. The molecule has 1 rings (SSSR count). The third-order valence-corrected chi connectivity index (χ3v) is 1.96. The summed E-state index contributed by atoms with van der Waals surface area (Å²) < 4.78 is 4.84. The largest absolute Gasteiger partial charge is 0.464 e. The van der Waals surface area contributed by atoms with Crippen LogP contribution in [0.5, 0.6) is 0 Å². The van der Waals surface area contributed by atoms with E-state index in [0.29, 0.717) is 13.0 Å². The Morgan fingerprint density at radius 3 is 2.83 bits per heavy atom. The number of hydrogen-bond donors (Lipinski definition) is 1. The Hall–Kier alpha value is -1.06. The molecule has 1 unspecified atom stereocenters. The molecule has 0 spiro atoms. The normalized spacial score (nSPS) is 29.3. The molecule has 0 bridgehead atoms. The number of carbonyl (C=O) groups excluding carboxylic acids is 2. The van der Waals surface area contributed by atoms with E-state index in [0.717, 1.165) is 6.42 Å². The number of carbonyl (C=O) groups is 2. The predicted octanol–water partition coefficient (Wildman–Crippen LogP) is 0.218. The summed E-state index contributed by atoms with van der Waals surface area (Å²) in [5.74, 6) is -0.527. The maximum absolute atomic E-state index is 11.2. The molecule has 0 radical (unpaired) electrons. The molecule has 0 aromatic rings. The second-order valence-electron chi connectivity index (χ2n) is 3.25. The molecule has 1 heterocycles. The van der Waals surface area contributed by atoms with Crippen molar-refractivity contribution in [2.45, 2.75) is 32.2 Å². The standard InChI is InChI=1S/C8H13NO3/c1-6(10)9-8(2)4-3-5-12-7(8)11/h3-5H2,1-2H3,(H,9,10). The monoisotopic (exact) mass is 171 g/mol. The molecule has 0 aromatic heterocycles. The van der Waals surface area contributed by atoms with Crippen LogP contribution in [0.25, 0.3) is 0 Å². The maximum atomic E-state index is 11.2. The van der Waals surface area contributed by atoms with Crippen LogP contribution in [0.1, 0.15) is 26.7 Å². The van der Waals surface area contributed by atoms with E-state index in [-0.39, 0.29) is 11.9 Å². The van der Waals surface area contributed by atoms with Crippen LogP contribution in [-0.2, 0) is 14.3 Å². The number of amides is 1. The Morgan fingerprint density at radius 1 is 1.67 bits per heavy atom. The molecular weight excluding hydrogens is 158 g/mol. The molecule has 1 fully saturated rings. The zero-order valence-corrected chi connectivity index (χ0v) is 7.35. The van der Waals surface area contributed by atoms with Gasteiger partial charge < -0.3 is 10.1 Å². The lowest BCUT2D eigenvalue weighted by Crippen LogP contribution is -2.54. The van der Waals surface area contributed by atoms with E-state index in [1.54, 1.807) is 6.92 Å². The van der Waals surface area contributed by atoms with E-state index in [2.05, 4.69) is 5.32 Å². The van der Waals surface area contributed by atoms with Crippen LogP contribution >= 0.6 is 0 Å². The molecule has 1 amide bonds. The Balaban J connectivity index is 2.66. The Labute approximate surface area is 71.3 Å². The van der Waals surface area contributed by atoms with Crippen LogP contribution in [-0.4, -0.2) is 24.0 Å². The topological polar surface area (TPSA) is 55.4 Å². The number of hydrogen-bond acceptors (Lipinski definition) is 3. The van der Waals surface area contributed by atoms with Crippen molar-refractivity contribution in [1.29, 1.82) is 0 Å². The third-order valence-electron chi connectivity index (χ3n) is 1.96. The van der Waals surface area contributed by atoms with Gasteiger partial charge in [-0.1, -0.05) is 0 Å². The van der Waals surface area contributed by atoms with Crippen molar-refractivity contribution in [3.05, 3.63) is 0 Å². The molecule has 0 aliphatic carbocycles. The minimum atomic E-state index is -0.802. The first-order chi connectivity index (χ1) is 5.54. The highest BCUT2D eigenvalue weighted by molar-refractivity contribution is 5.87. The number of rotatable bonds is 1. The fraction of sp³-hybridized carbons (Fsp3) is 0.750. The summed E-state index contributed by atoms with van der Waals surface area (Å²) in [6, 6.07) is 0. The second kappa shape index (κ2) is 3.13. The van der Waals surface area contributed by atoms with Crippen molar-refractivity contribution < 1.29 is 14.3 Å². The van der Waals surface area contributed by atoms with Crippen LogP contribution in [0.15, 0.2) is 0 Å². The molecule has 1 aliphatic rings. The molecule has 4 nitrogen and oxygen atoms in total. The lowest BCUT2D eigenvalue weighted by molar-refractivity contribution is -0.157. The van der Waals surface area contributed by atoms with Gasteiger partial charge in [0, 0.05) is 6.92 Å². The van der Waals surface area contributed by atoms with Crippen molar-refractivity contribution in [2.24, 2.45) is 0 Å². The zero-order chi connectivity index (χ0) is 9.19. The quantitative estimate of drug-likeness (QED) is 0.574. The summed E-state index contributed by atoms with van der Waals surface area (Å²) in [6.07, 6.45) is 1.47. The minimum absolute atomic E-state index is 0.198. The van der Waals surface area contributed by atoms with Crippen LogP contribution in [0, 0.1) is 0 Å². The van der Waals surface area contributed by atoms with Gasteiger partial charge in [0.25, 0.3) is 0 Å². The molecule has 1 N–H and O–H groups in total. The average Bonchev–Trinajstić information content (AvgIpc) is 1.94. The third kappa shape index (κ3) is 1.75. The summed E-state index contributed by atoms with van der Waals surface area (Å²) >= 11 is 0. The number of ether oxygens (including phenoxy) is 1. The van der Waals surface area contributed by atoms with E-state index in [9.17, 15) is 9.59 Å². The molecule has 1 aliphatic heterocycles. The summed E-state index contributed by atoms with van der Waals surface area (Å²) in [5.41, 5.74) is -0.802. The van der Waals surface area contributed by atoms with Gasteiger partial charge in [0.15, 0.2) is 0 Å². The summed E-state index contributed by atoms with van der Waals surface area (Å²) in [6.45, 7) is 3.55. The molecule has 0 aromatic carbocycles. The Morgan fingerprint density at radius 2 is 2.33 bits per heavy atom. The van der Waals surface area contributed by atoms with Gasteiger partial charge in [-0.25, -0.2) is 4.79 Å². The van der Waals surface area contributed by atoms with Crippen molar-refractivity contribution in [1.82, 2.24) is 5.32 Å². The van der Waals surface area contributed by atoms with Crippen LogP contribution in [0.4, 0.5) is 0 Å². The summed E-state index contributed by atoms with van der Waals surface area (Å²) in [5, 5.41) is 2.59. The maximum Gasteiger partial charge on any atom is 0.331 e. The van der Waals surface area contributed by atoms with Crippen LogP contribution in [0.3, 0.4) is 0 Å². The molecule has 12 heavy (non-hydrogen) atoms. The van der Waals surface area contributed by atoms with Crippen LogP contribution in [0.2, 0.25) is 0 Å². The van der Waals surface area contributed by atoms with Crippen molar-refractivity contribution in [3.63, 3.8) is 0 Å². The Kier molecular flexibility index (Phi) is 2.35. The fourth-order valence-electron chi connectivity index (χ4n) is 1.35. The fourth-order valence-corrected chi connectivity index (χ4v) is 1.35. The molecule has 0 saturated carbocycles.